The average molecular weight is 116 g/mol. The van der Waals surface area contributed by atoms with Crippen LogP contribution >= 0.6 is 0 Å². The van der Waals surface area contributed by atoms with Gasteiger partial charge >= 0.3 is 0 Å². The second kappa shape index (κ2) is 3.87. The zero-order chi connectivity index (χ0) is 5.11. The van der Waals surface area contributed by atoms with Gasteiger partial charge in [0.2, 0.25) is 0 Å². The van der Waals surface area contributed by atoms with Gasteiger partial charge in [-0.1, -0.05) is 7.43 Å². The Morgan fingerprint density at radius 1 is 1.25 bits per heavy atom. The second-order valence-electron chi connectivity index (χ2n) is 2.09. The maximum atomic E-state index is 5.59. The molecule has 1 aliphatic heterocycles. The second-order valence-corrected chi connectivity index (χ2v) is 2.09. The Morgan fingerprint density at radius 2 is 1.75 bits per heavy atom. The highest BCUT2D eigenvalue weighted by Crippen LogP contribution is 1.96. The normalized spacial score (nSPS) is 22.1. The van der Waals surface area contributed by atoms with Gasteiger partial charge in [0.25, 0.3) is 0 Å². The summed E-state index contributed by atoms with van der Waals surface area (Å²) in [4.78, 5) is 0. The van der Waals surface area contributed by atoms with Crippen molar-refractivity contribution in [3.05, 3.63) is 0 Å². The molecular formula is C6H16N2. The lowest BCUT2D eigenvalue weighted by atomic mass is 10.1. The fourth-order valence-electron chi connectivity index (χ4n) is 0.844. The number of nitrogens with one attached hydrogen (secondary N) is 1. The van der Waals surface area contributed by atoms with E-state index in [0.29, 0.717) is 6.04 Å². The van der Waals surface area contributed by atoms with E-state index in [1.165, 1.54) is 0 Å². The third-order valence-corrected chi connectivity index (χ3v) is 1.38. The van der Waals surface area contributed by atoms with Crippen LogP contribution < -0.4 is 11.1 Å². The number of rotatable bonds is 0. The van der Waals surface area contributed by atoms with Crippen LogP contribution in [-0.2, 0) is 0 Å². The van der Waals surface area contributed by atoms with Gasteiger partial charge in [-0.05, 0) is 25.9 Å². The van der Waals surface area contributed by atoms with Gasteiger partial charge in [-0.25, -0.2) is 0 Å². The molecular weight excluding hydrogens is 100 g/mol. The van der Waals surface area contributed by atoms with Crippen LogP contribution in [0.25, 0.3) is 0 Å². The Hall–Kier alpha value is -0.0800. The maximum Gasteiger partial charge on any atom is 0.00629 e. The fourth-order valence-corrected chi connectivity index (χ4v) is 0.844. The van der Waals surface area contributed by atoms with Crippen molar-refractivity contribution >= 4 is 0 Å². The van der Waals surface area contributed by atoms with E-state index in [4.69, 9.17) is 5.73 Å². The van der Waals surface area contributed by atoms with Gasteiger partial charge in [0, 0.05) is 6.04 Å². The summed E-state index contributed by atoms with van der Waals surface area (Å²) in [6.07, 6.45) is 2.31. The predicted octanol–water partition coefficient (Wildman–Crippen LogP) is 0.333. The van der Waals surface area contributed by atoms with Gasteiger partial charge in [0.1, 0.15) is 0 Å². The molecule has 0 amide bonds. The monoisotopic (exact) mass is 116 g/mol. The molecule has 0 aromatic carbocycles. The molecule has 0 spiro atoms. The summed E-state index contributed by atoms with van der Waals surface area (Å²) < 4.78 is 0. The Bertz CT molecular complexity index is 48.5. The van der Waals surface area contributed by atoms with E-state index in [2.05, 4.69) is 5.32 Å². The van der Waals surface area contributed by atoms with Gasteiger partial charge in [0.05, 0.1) is 0 Å². The molecule has 0 atom stereocenters. The van der Waals surface area contributed by atoms with E-state index in [-0.39, 0.29) is 7.43 Å². The minimum Gasteiger partial charge on any atom is -0.328 e. The summed E-state index contributed by atoms with van der Waals surface area (Å²) in [5, 5.41) is 3.24. The molecule has 2 heteroatoms. The van der Waals surface area contributed by atoms with E-state index in [1.807, 2.05) is 0 Å². The van der Waals surface area contributed by atoms with E-state index in [9.17, 15) is 0 Å². The number of nitrogens with two attached hydrogens (primary N) is 1. The smallest absolute Gasteiger partial charge is 0.00629 e. The lowest BCUT2D eigenvalue weighted by Gasteiger charge is -2.17. The lowest BCUT2D eigenvalue weighted by Crippen LogP contribution is -2.35. The Labute approximate surface area is 51.5 Å². The molecule has 0 saturated carbocycles. The number of piperidine rings is 1. The van der Waals surface area contributed by atoms with E-state index in [1.54, 1.807) is 0 Å². The lowest BCUT2D eigenvalue weighted by molar-refractivity contribution is 0.458. The molecule has 1 heterocycles. The van der Waals surface area contributed by atoms with Crippen molar-refractivity contribution in [3.63, 3.8) is 0 Å². The first-order valence-electron chi connectivity index (χ1n) is 2.86. The molecule has 0 aromatic rings. The molecule has 0 unspecified atom stereocenters. The first-order valence-corrected chi connectivity index (χ1v) is 2.86. The molecule has 0 aromatic heterocycles. The number of hydrogen-bond acceptors (Lipinski definition) is 2. The first-order chi connectivity index (χ1) is 3.39. The minimum absolute atomic E-state index is 0. The Morgan fingerprint density at radius 3 is 2.00 bits per heavy atom. The Balaban J connectivity index is 0.000000490. The molecule has 3 N–H and O–H groups in total. The summed E-state index contributed by atoms with van der Waals surface area (Å²) in [5.74, 6) is 0. The third-order valence-electron chi connectivity index (χ3n) is 1.38. The minimum atomic E-state index is 0. The quantitative estimate of drug-likeness (QED) is 0.479. The topological polar surface area (TPSA) is 38.0 Å². The summed E-state index contributed by atoms with van der Waals surface area (Å²) in [6, 6.07) is 0.473. The zero-order valence-electron chi connectivity index (χ0n) is 4.48. The highest BCUT2D eigenvalue weighted by molar-refractivity contribution is 4.69. The number of hydrogen-bond donors (Lipinski definition) is 2. The van der Waals surface area contributed by atoms with Gasteiger partial charge in [-0.2, -0.15) is 0 Å². The SMILES string of the molecule is C.NC1CCNCC1. The largest absolute Gasteiger partial charge is 0.328 e. The summed E-state index contributed by atoms with van der Waals surface area (Å²) in [5.41, 5.74) is 5.59. The molecule has 0 bridgehead atoms. The predicted molar refractivity (Wildman–Crippen MR) is 36.8 cm³/mol. The molecule has 2 nitrogen and oxygen atoms in total. The van der Waals surface area contributed by atoms with Crippen LogP contribution in [0.2, 0.25) is 0 Å². The van der Waals surface area contributed by atoms with Crippen molar-refractivity contribution < 1.29 is 0 Å². The van der Waals surface area contributed by atoms with Crippen LogP contribution in [0.4, 0.5) is 0 Å². The van der Waals surface area contributed by atoms with Crippen LogP contribution in [-0.4, -0.2) is 19.1 Å². The molecule has 1 rings (SSSR count). The standard InChI is InChI=1S/C5H12N2.CH4/c6-5-1-3-7-4-2-5;/h5,7H,1-4,6H2;1H4. The summed E-state index contributed by atoms with van der Waals surface area (Å²) >= 11 is 0. The maximum absolute atomic E-state index is 5.59. The van der Waals surface area contributed by atoms with Gasteiger partial charge in [0.15, 0.2) is 0 Å². The highest BCUT2D eigenvalue weighted by atomic mass is 14.9. The molecule has 1 fully saturated rings. The van der Waals surface area contributed by atoms with E-state index >= 15 is 0 Å². The van der Waals surface area contributed by atoms with Gasteiger partial charge in [-0.15, -0.1) is 0 Å². The van der Waals surface area contributed by atoms with Crippen molar-refractivity contribution in [2.24, 2.45) is 5.73 Å². The molecule has 1 saturated heterocycles. The molecule has 0 radical (unpaired) electrons. The van der Waals surface area contributed by atoms with Crippen molar-refractivity contribution in [2.75, 3.05) is 13.1 Å². The van der Waals surface area contributed by atoms with Crippen molar-refractivity contribution in [1.82, 2.24) is 5.32 Å². The van der Waals surface area contributed by atoms with E-state index in [0.717, 1.165) is 25.9 Å². The average Bonchev–Trinajstić information content (AvgIpc) is 1.69. The van der Waals surface area contributed by atoms with Crippen LogP contribution in [0.1, 0.15) is 20.3 Å². The zero-order valence-corrected chi connectivity index (χ0v) is 4.48. The van der Waals surface area contributed by atoms with Crippen molar-refractivity contribution in [1.29, 1.82) is 0 Å². The third kappa shape index (κ3) is 2.28. The molecule has 8 heavy (non-hydrogen) atoms. The van der Waals surface area contributed by atoms with E-state index < -0.39 is 0 Å². The van der Waals surface area contributed by atoms with Crippen molar-refractivity contribution in [2.45, 2.75) is 26.3 Å². The summed E-state index contributed by atoms with van der Waals surface area (Å²) in [6.45, 7) is 2.22. The molecule has 0 aliphatic carbocycles. The van der Waals surface area contributed by atoms with Gasteiger partial charge < -0.3 is 11.1 Å². The molecule has 1 aliphatic rings. The van der Waals surface area contributed by atoms with Gasteiger partial charge in [-0.3, -0.25) is 0 Å². The molecule has 50 valence electrons. The van der Waals surface area contributed by atoms with Crippen LogP contribution in [0, 0.1) is 0 Å². The first kappa shape index (κ1) is 7.92. The summed E-state index contributed by atoms with van der Waals surface area (Å²) in [7, 11) is 0. The van der Waals surface area contributed by atoms with Crippen molar-refractivity contribution in [3.8, 4) is 0 Å². The van der Waals surface area contributed by atoms with Crippen LogP contribution in [0.3, 0.4) is 0 Å². The van der Waals surface area contributed by atoms with Crippen LogP contribution in [0.5, 0.6) is 0 Å². The van der Waals surface area contributed by atoms with Crippen LogP contribution in [0.15, 0.2) is 0 Å². The highest BCUT2D eigenvalue weighted by Gasteiger charge is 2.05. The fraction of sp³-hybridized carbons (Fsp3) is 1.00. The Kier molecular flexibility index (Phi) is 3.83.